The highest BCUT2D eigenvalue weighted by Gasteiger charge is 2.46. The van der Waals surface area contributed by atoms with Crippen LogP contribution in [0.25, 0.3) is 0 Å². The fourth-order valence-corrected chi connectivity index (χ4v) is 4.49. The molecular weight excluding hydrogens is 300 g/mol. The minimum absolute atomic E-state index is 0.542. The Balaban J connectivity index is 1.40. The van der Waals surface area contributed by atoms with Crippen molar-refractivity contribution in [2.24, 2.45) is 0 Å². The van der Waals surface area contributed by atoms with Crippen molar-refractivity contribution in [1.29, 1.82) is 0 Å². The van der Waals surface area contributed by atoms with Crippen LogP contribution in [0.3, 0.4) is 0 Å². The Morgan fingerprint density at radius 2 is 1.88 bits per heavy atom. The zero-order valence-corrected chi connectivity index (χ0v) is 14.0. The molecular formula is C18H22N6. The summed E-state index contributed by atoms with van der Waals surface area (Å²) in [7, 11) is 0. The van der Waals surface area contributed by atoms with Gasteiger partial charge in [0.05, 0.1) is 12.1 Å². The van der Waals surface area contributed by atoms with E-state index in [2.05, 4.69) is 29.7 Å². The van der Waals surface area contributed by atoms with Crippen LogP contribution in [0.4, 0.5) is 11.6 Å². The van der Waals surface area contributed by atoms with Gasteiger partial charge in [-0.05, 0) is 45.1 Å². The maximum atomic E-state index is 4.68. The number of aromatic nitrogens is 4. The van der Waals surface area contributed by atoms with Gasteiger partial charge in [0.1, 0.15) is 23.8 Å². The summed E-state index contributed by atoms with van der Waals surface area (Å²) in [6, 6.07) is 3.11. The first-order valence-corrected chi connectivity index (χ1v) is 8.95. The number of aryl methyl sites for hydroxylation is 2. The summed E-state index contributed by atoms with van der Waals surface area (Å²) >= 11 is 0. The van der Waals surface area contributed by atoms with Crippen molar-refractivity contribution < 1.29 is 0 Å². The number of anilines is 2. The monoisotopic (exact) mass is 322 g/mol. The third kappa shape index (κ3) is 2.16. The molecule has 6 nitrogen and oxygen atoms in total. The van der Waals surface area contributed by atoms with Gasteiger partial charge in [-0.2, -0.15) is 0 Å². The van der Waals surface area contributed by atoms with Crippen LogP contribution in [0.1, 0.15) is 36.3 Å². The lowest BCUT2D eigenvalue weighted by atomic mass is 9.85. The van der Waals surface area contributed by atoms with Crippen molar-refractivity contribution in [2.75, 3.05) is 22.9 Å². The van der Waals surface area contributed by atoms with Crippen molar-refractivity contribution in [3.8, 4) is 0 Å². The Morgan fingerprint density at radius 1 is 1.04 bits per heavy atom. The fraction of sp³-hybridized carbons (Fsp3) is 0.556. The standard InChI is InChI=1S/C18H22N6/c1-12-19-7-6-17(22-12)23-9-13-8-14(10-23)24(13)18-15-4-2-3-5-16(15)20-11-21-18/h6-7,11,13-14H,2-5,8-10H2,1H3. The van der Waals surface area contributed by atoms with Gasteiger partial charge in [-0.25, -0.2) is 19.9 Å². The molecule has 0 saturated carbocycles. The molecule has 124 valence electrons. The molecule has 4 aliphatic rings. The number of piperazine rings is 1. The normalized spacial score (nSPS) is 25.2. The van der Waals surface area contributed by atoms with Crippen molar-refractivity contribution in [3.63, 3.8) is 0 Å². The molecule has 2 aromatic heterocycles. The van der Waals surface area contributed by atoms with Crippen LogP contribution in [-0.4, -0.2) is 45.1 Å². The quantitative estimate of drug-likeness (QED) is 0.842. The highest BCUT2D eigenvalue weighted by molar-refractivity contribution is 5.57. The number of rotatable bonds is 2. The molecule has 0 radical (unpaired) electrons. The Labute approximate surface area is 142 Å². The van der Waals surface area contributed by atoms with E-state index >= 15 is 0 Å². The zero-order valence-electron chi connectivity index (χ0n) is 14.0. The van der Waals surface area contributed by atoms with Crippen molar-refractivity contribution in [1.82, 2.24) is 19.9 Å². The second kappa shape index (κ2) is 5.40. The van der Waals surface area contributed by atoms with Crippen LogP contribution in [0.2, 0.25) is 0 Å². The summed E-state index contributed by atoms with van der Waals surface area (Å²) < 4.78 is 0. The average Bonchev–Trinajstić information content (AvgIpc) is 2.62. The Hall–Kier alpha value is -2.24. The number of hydrogen-bond donors (Lipinski definition) is 0. The van der Waals surface area contributed by atoms with Crippen molar-refractivity contribution >= 4 is 11.6 Å². The Bertz CT molecular complexity index is 764. The molecule has 0 spiro atoms. The van der Waals surface area contributed by atoms with E-state index in [0.29, 0.717) is 12.1 Å². The molecule has 6 rings (SSSR count). The first-order chi connectivity index (χ1) is 11.8. The molecule has 3 aliphatic heterocycles. The predicted octanol–water partition coefficient (Wildman–Crippen LogP) is 1.92. The third-order valence-electron chi connectivity index (χ3n) is 5.63. The lowest BCUT2D eigenvalue weighted by molar-refractivity contribution is 0.286. The minimum atomic E-state index is 0.542. The molecule has 0 N–H and O–H groups in total. The van der Waals surface area contributed by atoms with Crippen LogP contribution < -0.4 is 9.80 Å². The molecule has 3 fully saturated rings. The maximum Gasteiger partial charge on any atom is 0.136 e. The molecule has 0 amide bonds. The molecule has 1 aliphatic carbocycles. The summed E-state index contributed by atoms with van der Waals surface area (Å²) in [5, 5.41) is 0. The van der Waals surface area contributed by atoms with E-state index in [1.807, 2.05) is 19.2 Å². The number of piperidine rings is 1. The highest BCUT2D eigenvalue weighted by Crippen LogP contribution is 2.40. The molecule has 24 heavy (non-hydrogen) atoms. The van der Waals surface area contributed by atoms with Gasteiger partial charge in [-0.1, -0.05) is 0 Å². The van der Waals surface area contributed by atoms with Crippen LogP contribution in [0.15, 0.2) is 18.6 Å². The summed E-state index contributed by atoms with van der Waals surface area (Å²) in [6.07, 6.45) is 9.66. The van der Waals surface area contributed by atoms with E-state index in [-0.39, 0.29) is 0 Å². The van der Waals surface area contributed by atoms with E-state index in [4.69, 9.17) is 0 Å². The Morgan fingerprint density at radius 3 is 2.71 bits per heavy atom. The topological polar surface area (TPSA) is 58.0 Å². The van der Waals surface area contributed by atoms with Gasteiger partial charge in [0.15, 0.2) is 0 Å². The van der Waals surface area contributed by atoms with E-state index in [1.165, 1.54) is 36.3 Å². The van der Waals surface area contributed by atoms with Crippen LogP contribution in [0.5, 0.6) is 0 Å². The number of fused-ring (bicyclic) bond motifs is 3. The summed E-state index contributed by atoms with van der Waals surface area (Å²) in [5.41, 5.74) is 2.68. The lowest BCUT2D eigenvalue weighted by Crippen LogP contribution is -2.69. The summed E-state index contributed by atoms with van der Waals surface area (Å²) in [6.45, 7) is 3.99. The molecule has 2 aromatic rings. The van der Waals surface area contributed by atoms with E-state index in [9.17, 15) is 0 Å². The molecule has 3 saturated heterocycles. The number of nitrogens with zero attached hydrogens (tertiary/aromatic N) is 6. The van der Waals surface area contributed by atoms with Crippen molar-refractivity contribution in [3.05, 3.63) is 35.7 Å². The van der Waals surface area contributed by atoms with E-state index in [1.54, 1.807) is 6.33 Å². The minimum Gasteiger partial charge on any atom is -0.352 e. The maximum absolute atomic E-state index is 4.68. The zero-order chi connectivity index (χ0) is 16.1. The molecule has 2 atom stereocenters. The van der Waals surface area contributed by atoms with Gasteiger partial charge in [0.2, 0.25) is 0 Å². The van der Waals surface area contributed by atoms with Gasteiger partial charge in [-0.15, -0.1) is 0 Å². The van der Waals surface area contributed by atoms with Gasteiger partial charge in [-0.3, -0.25) is 0 Å². The molecule has 2 unspecified atom stereocenters. The third-order valence-corrected chi connectivity index (χ3v) is 5.63. The number of hydrogen-bond acceptors (Lipinski definition) is 6. The molecule has 2 bridgehead atoms. The van der Waals surface area contributed by atoms with Crippen LogP contribution in [0, 0.1) is 6.92 Å². The largest absolute Gasteiger partial charge is 0.352 e. The SMILES string of the molecule is Cc1nccc(N2CC3CC(C2)N3c2ncnc3c2CCCC3)n1. The molecule has 5 heterocycles. The predicted molar refractivity (Wildman–Crippen MR) is 92.3 cm³/mol. The molecule has 6 heteroatoms. The summed E-state index contributed by atoms with van der Waals surface area (Å²) in [5.74, 6) is 3.11. The highest BCUT2D eigenvalue weighted by atomic mass is 15.4. The fourth-order valence-electron chi connectivity index (χ4n) is 4.49. The smallest absolute Gasteiger partial charge is 0.136 e. The lowest BCUT2D eigenvalue weighted by Gasteiger charge is -2.57. The van der Waals surface area contributed by atoms with Gasteiger partial charge < -0.3 is 9.80 Å². The van der Waals surface area contributed by atoms with Crippen molar-refractivity contribution in [2.45, 2.75) is 51.1 Å². The molecule has 0 aromatic carbocycles. The Kier molecular flexibility index (Phi) is 3.18. The summed E-state index contributed by atoms with van der Waals surface area (Å²) in [4.78, 5) is 23.0. The van der Waals surface area contributed by atoms with E-state index in [0.717, 1.165) is 37.6 Å². The first kappa shape index (κ1) is 14.1. The van der Waals surface area contributed by atoms with Crippen LogP contribution in [-0.2, 0) is 12.8 Å². The van der Waals surface area contributed by atoms with Gasteiger partial charge in [0, 0.05) is 30.5 Å². The van der Waals surface area contributed by atoms with Gasteiger partial charge >= 0.3 is 0 Å². The van der Waals surface area contributed by atoms with E-state index < -0.39 is 0 Å². The van der Waals surface area contributed by atoms with Gasteiger partial charge in [0.25, 0.3) is 0 Å². The first-order valence-electron chi connectivity index (χ1n) is 8.95. The second-order valence-electron chi connectivity index (χ2n) is 7.15. The average molecular weight is 322 g/mol. The van der Waals surface area contributed by atoms with Crippen LogP contribution >= 0.6 is 0 Å². The second-order valence-corrected chi connectivity index (χ2v) is 7.15.